The summed E-state index contributed by atoms with van der Waals surface area (Å²) in [5.41, 5.74) is 0.563. The topological polar surface area (TPSA) is 15.3 Å². The van der Waals surface area contributed by atoms with Gasteiger partial charge in [-0.3, -0.25) is 4.90 Å². The first kappa shape index (κ1) is 16.0. The number of piperazine rings is 1. The van der Waals surface area contributed by atoms with Gasteiger partial charge in [-0.05, 0) is 40.0 Å². The predicted octanol–water partition coefficient (Wildman–Crippen LogP) is 3.67. The molecule has 1 saturated heterocycles. The van der Waals surface area contributed by atoms with Gasteiger partial charge in [-0.15, -0.1) is 0 Å². The van der Waals surface area contributed by atoms with Crippen LogP contribution in [0.25, 0.3) is 0 Å². The summed E-state index contributed by atoms with van der Waals surface area (Å²) in [5, 5.41) is 3.67. The van der Waals surface area contributed by atoms with Crippen LogP contribution in [0.5, 0.6) is 0 Å². The Morgan fingerprint density at radius 1 is 1.17 bits per heavy atom. The molecule has 1 aliphatic rings. The van der Waals surface area contributed by atoms with Gasteiger partial charge in [0.15, 0.2) is 0 Å². The summed E-state index contributed by atoms with van der Waals surface area (Å²) in [6.07, 6.45) is 5.43. The molecule has 2 heteroatoms. The Bertz CT molecular complexity index is 245. The van der Waals surface area contributed by atoms with Crippen molar-refractivity contribution in [3.8, 4) is 0 Å². The highest BCUT2D eigenvalue weighted by Crippen LogP contribution is 2.26. The van der Waals surface area contributed by atoms with Crippen molar-refractivity contribution in [3.05, 3.63) is 0 Å². The third kappa shape index (κ3) is 4.55. The van der Waals surface area contributed by atoms with Gasteiger partial charge in [0.1, 0.15) is 0 Å². The minimum atomic E-state index is 0.262. The summed E-state index contributed by atoms with van der Waals surface area (Å²) >= 11 is 0. The largest absolute Gasteiger partial charge is 0.309 e. The molecule has 108 valence electrons. The third-order valence-corrected chi connectivity index (χ3v) is 4.46. The van der Waals surface area contributed by atoms with Crippen LogP contribution in [-0.4, -0.2) is 35.6 Å². The second-order valence-electron chi connectivity index (χ2n) is 7.35. The van der Waals surface area contributed by atoms with E-state index >= 15 is 0 Å². The highest BCUT2D eigenvalue weighted by atomic mass is 15.3. The van der Waals surface area contributed by atoms with E-state index in [0.29, 0.717) is 5.54 Å². The SMILES string of the molecule is CCCCC(CC)CN1CC(C)(C)NCC1(C)C. The van der Waals surface area contributed by atoms with Gasteiger partial charge in [-0.25, -0.2) is 0 Å². The van der Waals surface area contributed by atoms with Gasteiger partial charge in [-0.1, -0.05) is 33.1 Å². The van der Waals surface area contributed by atoms with E-state index in [1.165, 1.54) is 38.8 Å². The van der Waals surface area contributed by atoms with Crippen molar-refractivity contribution in [1.29, 1.82) is 0 Å². The van der Waals surface area contributed by atoms with Crippen LogP contribution >= 0.6 is 0 Å². The molecule has 1 unspecified atom stereocenters. The molecule has 1 fully saturated rings. The van der Waals surface area contributed by atoms with E-state index in [4.69, 9.17) is 0 Å². The molecule has 0 aliphatic carbocycles. The van der Waals surface area contributed by atoms with E-state index in [9.17, 15) is 0 Å². The quantitative estimate of drug-likeness (QED) is 0.778. The molecule has 1 heterocycles. The maximum absolute atomic E-state index is 3.67. The maximum atomic E-state index is 3.67. The molecule has 1 N–H and O–H groups in total. The maximum Gasteiger partial charge on any atom is 0.0278 e. The van der Waals surface area contributed by atoms with Gasteiger partial charge >= 0.3 is 0 Å². The van der Waals surface area contributed by atoms with Gasteiger partial charge < -0.3 is 5.32 Å². The first-order chi connectivity index (χ1) is 8.30. The molecule has 18 heavy (non-hydrogen) atoms. The lowest BCUT2D eigenvalue weighted by Crippen LogP contribution is -2.66. The number of unbranched alkanes of at least 4 members (excludes halogenated alkanes) is 1. The van der Waals surface area contributed by atoms with Gasteiger partial charge in [0.2, 0.25) is 0 Å². The van der Waals surface area contributed by atoms with Crippen molar-refractivity contribution in [1.82, 2.24) is 10.2 Å². The molecule has 0 amide bonds. The monoisotopic (exact) mass is 254 g/mol. The van der Waals surface area contributed by atoms with Gasteiger partial charge in [-0.2, -0.15) is 0 Å². The first-order valence-corrected chi connectivity index (χ1v) is 7.81. The summed E-state index contributed by atoms with van der Waals surface area (Å²) in [5.74, 6) is 0.873. The van der Waals surface area contributed by atoms with Crippen molar-refractivity contribution in [2.24, 2.45) is 5.92 Å². The van der Waals surface area contributed by atoms with Crippen molar-refractivity contribution >= 4 is 0 Å². The second kappa shape index (κ2) is 6.38. The Morgan fingerprint density at radius 3 is 2.39 bits per heavy atom. The Balaban J connectivity index is 2.60. The van der Waals surface area contributed by atoms with E-state index < -0.39 is 0 Å². The molecule has 0 saturated carbocycles. The fourth-order valence-electron chi connectivity index (χ4n) is 2.86. The molecule has 0 radical (unpaired) electrons. The van der Waals surface area contributed by atoms with Crippen LogP contribution < -0.4 is 5.32 Å². The Hall–Kier alpha value is -0.0800. The van der Waals surface area contributed by atoms with Crippen molar-refractivity contribution in [3.63, 3.8) is 0 Å². The fraction of sp³-hybridized carbons (Fsp3) is 1.00. The van der Waals surface area contributed by atoms with Gasteiger partial charge in [0.05, 0.1) is 0 Å². The lowest BCUT2D eigenvalue weighted by Gasteiger charge is -2.50. The highest BCUT2D eigenvalue weighted by molar-refractivity contribution is 4.97. The zero-order chi connectivity index (χ0) is 13.8. The summed E-state index contributed by atoms with van der Waals surface area (Å²) < 4.78 is 0. The molecule has 1 aliphatic heterocycles. The fourth-order valence-corrected chi connectivity index (χ4v) is 2.86. The van der Waals surface area contributed by atoms with Crippen molar-refractivity contribution in [2.45, 2.75) is 78.3 Å². The van der Waals surface area contributed by atoms with Crippen LogP contribution in [0.3, 0.4) is 0 Å². The van der Waals surface area contributed by atoms with Crippen LogP contribution in [0.4, 0.5) is 0 Å². The molecule has 0 aromatic carbocycles. The first-order valence-electron chi connectivity index (χ1n) is 7.81. The molecular weight excluding hydrogens is 220 g/mol. The predicted molar refractivity (Wildman–Crippen MR) is 81.0 cm³/mol. The molecule has 2 nitrogen and oxygen atoms in total. The van der Waals surface area contributed by atoms with Crippen LogP contribution in [0.2, 0.25) is 0 Å². The number of nitrogens with one attached hydrogen (secondary N) is 1. The van der Waals surface area contributed by atoms with E-state index in [1.54, 1.807) is 0 Å². The van der Waals surface area contributed by atoms with Crippen molar-refractivity contribution < 1.29 is 0 Å². The number of nitrogens with zero attached hydrogens (tertiary/aromatic N) is 1. The van der Waals surface area contributed by atoms with Crippen LogP contribution in [0.15, 0.2) is 0 Å². The minimum absolute atomic E-state index is 0.262. The highest BCUT2D eigenvalue weighted by Gasteiger charge is 2.37. The average molecular weight is 254 g/mol. The Labute approximate surface area is 115 Å². The van der Waals surface area contributed by atoms with Gasteiger partial charge in [0, 0.05) is 30.7 Å². The van der Waals surface area contributed by atoms with E-state index in [2.05, 4.69) is 51.8 Å². The normalized spacial score (nSPS) is 25.0. The van der Waals surface area contributed by atoms with Crippen LogP contribution in [0.1, 0.15) is 67.2 Å². The van der Waals surface area contributed by atoms with E-state index in [0.717, 1.165) is 12.5 Å². The molecule has 0 bridgehead atoms. The van der Waals surface area contributed by atoms with E-state index in [1.807, 2.05) is 0 Å². The molecule has 0 spiro atoms. The standard InChI is InChI=1S/C16H34N2/c1-7-9-10-14(8-2)11-18-13-15(3,4)17-12-16(18,5)6/h14,17H,7-13H2,1-6H3. The van der Waals surface area contributed by atoms with Gasteiger partial charge in [0.25, 0.3) is 0 Å². The lowest BCUT2D eigenvalue weighted by molar-refractivity contribution is 0.0243. The number of rotatable bonds is 6. The summed E-state index contributed by atoms with van der Waals surface area (Å²) in [6, 6.07) is 0. The summed E-state index contributed by atoms with van der Waals surface area (Å²) in [4.78, 5) is 2.72. The Kier molecular flexibility index (Phi) is 5.67. The molecule has 0 aromatic rings. The summed E-state index contributed by atoms with van der Waals surface area (Å²) in [7, 11) is 0. The number of hydrogen-bond acceptors (Lipinski definition) is 2. The second-order valence-corrected chi connectivity index (χ2v) is 7.35. The lowest BCUT2D eigenvalue weighted by atomic mass is 9.89. The molecule has 1 atom stereocenters. The zero-order valence-corrected chi connectivity index (χ0v) is 13.5. The molecule has 1 rings (SSSR count). The van der Waals surface area contributed by atoms with Crippen LogP contribution in [-0.2, 0) is 0 Å². The molecular formula is C16H34N2. The molecule has 0 aromatic heterocycles. The average Bonchev–Trinajstić information content (AvgIpc) is 2.29. The smallest absolute Gasteiger partial charge is 0.0278 e. The van der Waals surface area contributed by atoms with E-state index in [-0.39, 0.29) is 5.54 Å². The van der Waals surface area contributed by atoms with Crippen LogP contribution in [0, 0.1) is 5.92 Å². The minimum Gasteiger partial charge on any atom is -0.309 e. The third-order valence-electron chi connectivity index (χ3n) is 4.46. The zero-order valence-electron chi connectivity index (χ0n) is 13.5. The van der Waals surface area contributed by atoms with Crippen molar-refractivity contribution in [2.75, 3.05) is 19.6 Å². The summed E-state index contributed by atoms with van der Waals surface area (Å²) in [6.45, 7) is 17.6. The Morgan fingerprint density at radius 2 is 1.83 bits per heavy atom. The number of hydrogen-bond donors (Lipinski definition) is 1.